The third-order valence-electron chi connectivity index (χ3n) is 1.72. The minimum Gasteiger partial charge on any atom is -0.382 e. The summed E-state index contributed by atoms with van der Waals surface area (Å²) in [7, 11) is 0. The second kappa shape index (κ2) is 10.1. The van der Waals surface area contributed by atoms with Crippen LogP contribution in [-0.4, -0.2) is 4.98 Å². The van der Waals surface area contributed by atoms with Gasteiger partial charge < -0.3 is 5.73 Å². The average Bonchev–Trinajstić information content (AvgIpc) is 2.33. The van der Waals surface area contributed by atoms with Crippen molar-refractivity contribution in [2.24, 2.45) is 5.11 Å². The van der Waals surface area contributed by atoms with Crippen LogP contribution < -0.4 is 5.73 Å². The van der Waals surface area contributed by atoms with Crippen LogP contribution in [0.3, 0.4) is 0 Å². The Morgan fingerprint density at radius 3 is 2.06 bits per heavy atom. The normalized spacial score (nSPS) is 8.44. The summed E-state index contributed by atoms with van der Waals surface area (Å²) in [5.74, 6) is 0.649. The fourth-order valence-corrected chi connectivity index (χ4v) is 1.07. The Bertz CT molecular complexity index is 295. The van der Waals surface area contributed by atoms with Gasteiger partial charge in [-0.05, 0) is 17.5 Å². The predicted octanol–water partition coefficient (Wildman–Crippen LogP) is 4.50. The van der Waals surface area contributed by atoms with Gasteiger partial charge in [-0.25, -0.2) is 10.5 Å². The molecular formula is C12H24N4. The molecule has 0 amide bonds. The maximum atomic E-state index is 6.92. The summed E-state index contributed by atoms with van der Waals surface area (Å²) in [6, 6.07) is 1.84. The van der Waals surface area contributed by atoms with Crippen LogP contribution in [0.4, 0.5) is 11.5 Å². The van der Waals surface area contributed by atoms with E-state index < -0.39 is 0 Å². The smallest absolute Gasteiger partial charge is 0.151 e. The van der Waals surface area contributed by atoms with Gasteiger partial charge in [-0.3, -0.25) is 0 Å². The molecule has 0 saturated heterocycles. The number of hydrogen-bond acceptors (Lipinski definition) is 4. The zero-order chi connectivity index (χ0) is 13.1. The first-order chi connectivity index (χ1) is 7.66. The lowest BCUT2D eigenvalue weighted by molar-refractivity contribution is 0.858. The minimum atomic E-state index is 0.319. The highest BCUT2D eigenvalue weighted by molar-refractivity contribution is 5.62. The van der Waals surface area contributed by atoms with Crippen molar-refractivity contribution >= 4 is 11.5 Å². The monoisotopic (exact) mass is 224 g/mol. The van der Waals surface area contributed by atoms with Crippen molar-refractivity contribution in [3.8, 4) is 0 Å². The molecule has 0 radical (unpaired) electrons. The average molecular weight is 224 g/mol. The molecule has 0 unspecified atom stereocenters. The van der Waals surface area contributed by atoms with Gasteiger partial charge in [-0.1, -0.05) is 41.5 Å². The minimum absolute atomic E-state index is 0.319. The van der Waals surface area contributed by atoms with E-state index in [0.29, 0.717) is 17.4 Å². The van der Waals surface area contributed by atoms with E-state index in [2.05, 4.69) is 10.1 Å². The van der Waals surface area contributed by atoms with E-state index >= 15 is 0 Å². The maximum absolute atomic E-state index is 6.92. The Kier molecular flexibility index (Phi) is 10.7. The lowest BCUT2D eigenvalue weighted by Crippen LogP contribution is -1.95. The first kappa shape index (κ1) is 17.0. The third kappa shape index (κ3) is 4.87. The Balaban J connectivity index is 0. The van der Waals surface area contributed by atoms with Crippen LogP contribution >= 0.6 is 0 Å². The molecule has 3 N–H and O–H groups in total. The standard InChI is InChI=1S/C8H12N4.2C2H6/c1-5(2)6-3-4-11-8(9)7(6)12-10;2*1-2/h3-5,10H,1-2H3,(H2,9,11);2*1-2H3. The van der Waals surface area contributed by atoms with Crippen molar-refractivity contribution < 1.29 is 0 Å². The van der Waals surface area contributed by atoms with Gasteiger partial charge in [0.15, 0.2) is 5.82 Å². The van der Waals surface area contributed by atoms with Gasteiger partial charge in [0.1, 0.15) is 5.69 Å². The Morgan fingerprint density at radius 2 is 1.75 bits per heavy atom. The van der Waals surface area contributed by atoms with Crippen LogP contribution in [0, 0.1) is 5.53 Å². The number of anilines is 1. The van der Waals surface area contributed by atoms with E-state index in [-0.39, 0.29) is 0 Å². The summed E-state index contributed by atoms with van der Waals surface area (Å²) in [6.45, 7) is 12.1. The molecule has 0 spiro atoms. The van der Waals surface area contributed by atoms with Crippen molar-refractivity contribution in [2.75, 3.05) is 5.73 Å². The van der Waals surface area contributed by atoms with Crippen LogP contribution in [0.25, 0.3) is 0 Å². The van der Waals surface area contributed by atoms with E-state index in [0.717, 1.165) is 5.56 Å². The van der Waals surface area contributed by atoms with Gasteiger partial charge in [0, 0.05) is 6.20 Å². The van der Waals surface area contributed by atoms with Gasteiger partial charge >= 0.3 is 0 Å². The summed E-state index contributed by atoms with van der Waals surface area (Å²) >= 11 is 0. The van der Waals surface area contributed by atoms with Gasteiger partial charge in [0.2, 0.25) is 0 Å². The molecule has 0 atom stereocenters. The lowest BCUT2D eigenvalue weighted by Gasteiger charge is -2.08. The Labute approximate surface area is 98.8 Å². The Hall–Kier alpha value is -1.45. The molecule has 1 heterocycles. The number of nitrogens with one attached hydrogen (secondary N) is 1. The zero-order valence-electron chi connectivity index (χ0n) is 11.2. The van der Waals surface area contributed by atoms with E-state index in [4.69, 9.17) is 11.3 Å². The highest BCUT2D eigenvalue weighted by Gasteiger charge is 2.08. The van der Waals surface area contributed by atoms with Crippen molar-refractivity contribution in [1.29, 1.82) is 5.53 Å². The molecule has 0 fully saturated rings. The van der Waals surface area contributed by atoms with Gasteiger partial charge in [0.05, 0.1) is 0 Å². The second-order valence-electron chi connectivity index (χ2n) is 2.90. The lowest BCUT2D eigenvalue weighted by atomic mass is 10.0. The number of aromatic nitrogens is 1. The van der Waals surface area contributed by atoms with E-state index in [1.807, 2.05) is 47.6 Å². The molecule has 1 rings (SSSR count). The highest BCUT2D eigenvalue weighted by Crippen LogP contribution is 2.29. The van der Waals surface area contributed by atoms with Crippen LogP contribution in [0.1, 0.15) is 53.0 Å². The maximum Gasteiger partial charge on any atom is 0.151 e. The number of nitrogen functional groups attached to an aromatic ring is 1. The molecule has 0 saturated carbocycles. The largest absolute Gasteiger partial charge is 0.382 e. The van der Waals surface area contributed by atoms with E-state index in [1.165, 1.54) is 0 Å². The molecule has 0 aromatic carbocycles. The van der Waals surface area contributed by atoms with E-state index in [9.17, 15) is 0 Å². The molecule has 0 aliphatic rings. The number of pyridine rings is 1. The molecule has 0 bridgehead atoms. The molecule has 1 aromatic heterocycles. The number of nitrogens with zero attached hydrogens (tertiary/aromatic N) is 2. The summed E-state index contributed by atoms with van der Waals surface area (Å²) in [5.41, 5.74) is 13.9. The molecule has 16 heavy (non-hydrogen) atoms. The molecule has 0 aliphatic heterocycles. The molecule has 4 heteroatoms. The molecule has 4 nitrogen and oxygen atoms in total. The Morgan fingerprint density at radius 1 is 1.25 bits per heavy atom. The summed E-state index contributed by atoms with van der Waals surface area (Å²) < 4.78 is 0. The van der Waals surface area contributed by atoms with Crippen molar-refractivity contribution in [1.82, 2.24) is 4.98 Å². The predicted molar refractivity (Wildman–Crippen MR) is 70.2 cm³/mol. The van der Waals surface area contributed by atoms with Crippen molar-refractivity contribution in [3.05, 3.63) is 17.8 Å². The third-order valence-corrected chi connectivity index (χ3v) is 1.72. The summed E-state index contributed by atoms with van der Waals surface area (Å²) in [4.78, 5) is 3.86. The van der Waals surface area contributed by atoms with Crippen LogP contribution in [0.2, 0.25) is 0 Å². The number of nitrogens with two attached hydrogens (primary N) is 1. The van der Waals surface area contributed by atoms with Crippen molar-refractivity contribution in [2.45, 2.75) is 47.5 Å². The molecule has 1 aromatic rings. The topological polar surface area (TPSA) is 75.1 Å². The fourth-order valence-electron chi connectivity index (χ4n) is 1.07. The summed E-state index contributed by atoms with van der Waals surface area (Å²) in [5, 5.41) is 3.35. The second-order valence-corrected chi connectivity index (χ2v) is 2.90. The SMILES string of the molecule is CC.CC.CC(C)c1ccnc(N)c1N=N. The first-order valence-electron chi connectivity index (χ1n) is 5.78. The molecule has 0 aliphatic carbocycles. The fraction of sp³-hybridized carbons (Fsp3) is 0.583. The number of rotatable bonds is 2. The van der Waals surface area contributed by atoms with E-state index in [1.54, 1.807) is 6.20 Å². The van der Waals surface area contributed by atoms with Gasteiger partial charge in [0.25, 0.3) is 0 Å². The van der Waals surface area contributed by atoms with Crippen LogP contribution in [0.15, 0.2) is 17.4 Å². The highest BCUT2D eigenvalue weighted by atomic mass is 15.0. The first-order valence-corrected chi connectivity index (χ1v) is 5.78. The van der Waals surface area contributed by atoms with Crippen molar-refractivity contribution in [3.63, 3.8) is 0 Å². The van der Waals surface area contributed by atoms with Crippen LogP contribution in [0.5, 0.6) is 0 Å². The quantitative estimate of drug-likeness (QED) is 0.725. The molecule has 92 valence electrons. The molecular weight excluding hydrogens is 200 g/mol. The van der Waals surface area contributed by atoms with Gasteiger partial charge in [-0.2, -0.15) is 5.11 Å². The zero-order valence-corrected chi connectivity index (χ0v) is 11.2. The summed E-state index contributed by atoms with van der Waals surface area (Å²) in [6.07, 6.45) is 1.64. The van der Waals surface area contributed by atoms with Gasteiger partial charge in [-0.15, -0.1) is 0 Å². The van der Waals surface area contributed by atoms with Crippen LogP contribution in [-0.2, 0) is 0 Å². The number of hydrogen-bond donors (Lipinski definition) is 2.